The first-order chi connectivity index (χ1) is 13.1. The molecular weight excluding hydrogens is 348 g/mol. The molecule has 0 amide bonds. The van der Waals surface area contributed by atoms with E-state index in [4.69, 9.17) is 4.74 Å². The number of carbonyl (C=O) groups excluding carboxylic acids is 1. The third-order valence-corrected chi connectivity index (χ3v) is 4.81. The number of nitrogens with one attached hydrogen (secondary N) is 1. The van der Waals surface area contributed by atoms with Crippen molar-refractivity contribution < 1.29 is 14.6 Å². The highest BCUT2D eigenvalue weighted by Gasteiger charge is 2.22. The number of phenols is 1. The number of Topliss-reactive ketones (excluding diaryl/α,β-unsaturated/α-hetero) is 1. The Morgan fingerprint density at radius 1 is 1.07 bits per heavy atom. The van der Waals surface area contributed by atoms with Crippen molar-refractivity contribution >= 4 is 16.7 Å². The van der Waals surface area contributed by atoms with Crippen molar-refractivity contribution in [2.45, 2.75) is 25.8 Å². The molecular formula is C20H18N2O5. The second kappa shape index (κ2) is 6.75. The molecule has 1 heterocycles. The van der Waals surface area contributed by atoms with Crippen molar-refractivity contribution in [2.24, 2.45) is 0 Å². The van der Waals surface area contributed by atoms with E-state index < -0.39 is 11.2 Å². The van der Waals surface area contributed by atoms with Crippen molar-refractivity contribution in [1.82, 2.24) is 9.55 Å². The van der Waals surface area contributed by atoms with Gasteiger partial charge in [-0.3, -0.25) is 19.1 Å². The molecule has 0 atom stereocenters. The van der Waals surface area contributed by atoms with Crippen LogP contribution in [-0.4, -0.2) is 27.0 Å². The smallest absolute Gasteiger partial charge is 0.328 e. The number of para-hydroxylation sites is 1. The Morgan fingerprint density at radius 2 is 1.89 bits per heavy atom. The van der Waals surface area contributed by atoms with E-state index in [0.717, 1.165) is 11.1 Å². The lowest BCUT2D eigenvalue weighted by atomic mass is 10.1. The lowest BCUT2D eigenvalue weighted by molar-refractivity contribution is 0.0994. The molecule has 0 spiro atoms. The summed E-state index contributed by atoms with van der Waals surface area (Å²) in [5.74, 6) is 0.716. The molecule has 0 aliphatic heterocycles. The number of ketones is 1. The van der Waals surface area contributed by atoms with Gasteiger partial charge in [0.2, 0.25) is 0 Å². The molecule has 0 fully saturated rings. The van der Waals surface area contributed by atoms with Crippen molar-refractivity contribution in [3.63, 3.8) is 0 Å². The van der Waals surface area contributed by atoms with Crippen LogP contribution in [0.15, 0.2) is 46.0 Å². The number of nitrogens with zero attached hydrogens (tertiary/aromatic N) is 1. The number of phenolic OH excluding ortho intramolecular Hbond substituents is 1. The predicted molar refractivity (Wildman–Crippen MR) is 99.7 cm³/mol. The van der Waals surface area contributed by atoms with Crippen LogP contribution in [0, 0.1) is 0 Å². The lowest BCUT2D eigenvalue weighted by Crippen LogP contribution is -2.30. The maximum absolute atomic E-state index is 12.2. The van der Waals surface area contributed by atoms with E-state index in [-0.39, 0.29) is 29.0 Å². The van der Waals surface area contributed by atoms with Gasteiger partial charge in [0.1, 0.15) is 17.0 Å². The molecule has 0 saturated carbocycles. The standard InChI is InChI=1S/C20H18N2O5/c23-15-9-8-13-12(15)4-2-7-17(13)27-11-3-10-22-18-14(5-1-6-16(18)24)19(25)21-20(22)26/h1-2,4-7,24H,3,8-11H2,(H,21,25,26). The summed E-state index contributed by atoms with van der Waals surface area (Å²) < 4.78 is 7.16. The minimum Gasteiger partial charge on any atom is -0.506 e. The number of carbonyl (C=O) groups is 1. The second-order valence-electron chi connectivity index (χ2n) is 6.49. The van der Waals surface area contributed by atoms with Crippen LogP contribution >= 0.6 is 0 Å². The summed E-state index contributed by atoms with van der Waals surface area (Å²) in [6.07, 6.45) is 1.68. The van der Waals surface area contributed by atoms with Crippen LogP contribution in [0.4, 0.5) is 0 Å². The SMILES string of the molecule is O=C1CCc2c(OCCCn3c(=O)[nH]c(=O)c4cccc(O)c43)cccc21. The number of benzene rings is 2. The number of rotatable bonds is 5. The zero-order chi connectivity index (χ0) is 19.0. The largest absolute Gasteiger partial charge is 0.506 e. The average molecular weight is 366 g/mol. The summed E-state index contributed by atoms with van der Waals surface area (Å²) >= 11 is 0. The van der Waals surface area contributed by atoms with Gasteiger partial charge in [-0.25, -0.2) is 4.79 Å². The normalized spacial score (nSPS) is 13.1. The summed E-state index contributed by atoms with van der Waals surface area (Å²) in [5.41, 5.74) is 0.785. The predicted octanol–water partition coefficient (Wildman–Crippen LogP) is 1.99. The molecule has 3 aromatic rings. The van der Waals surface area contributed by atoms with Crippen LogP contribution in [0.2, 0.25) is 0 Å². The minimum absolute atomic E-state index is 0.115. The third-order valence-electron chi connectivity index (χ3n) is 4.81. The van der Waals surface area contributed by atoms with Gasteiger partial charge in [-0.2, -0.15) is 0 Å². The third kappa shape index (κ3) is 3.01. The molecule has 138 valence electrons. The van der Waals surface area contributed by atoms with Gasteiger partial charge in [0.15, 0.2) is 5.78 Å². The summed E-state index contributed by atoms with van der Waals surface area (Å²) in [4.78, 5) is 38.2. The van der Waals surface area contributed by atoms with E-state index in [0.29, 0.717) is 31.6 Å². The van der Waals surface area contributed by atoms with Crippen LogP contribution in [0.1, 0.15) is 28.8 Å². The van der Waals surface area contributed by atoms with E-state index in [1.54, 1.807) is 18.2 Å². The Labute approximate surface area is 153 Å². The molecule has 1 aliphatic rings. The molecule has 1 aromatic heterocycles. The number of H-pyrrole nitrogens is 1. The maximum Gasteiger partial charge on any atom is 0.328 e. The summed E-state index contributed by atoms with van der Waals surface area (Å²) in [7, 11) is 0. The van der Waals surface area contributed by atoms with Gasteiger partial charge in [0.05, 0.1) is 12.0 Å². The fraction of sp³-hybridized carbons (Fsp3) is 0.250. The molecule has 0 bridgehead atoms. The number of aromatic hydroxyl groups is 1. The Bertz CT molecular complexity index is 1160. The lowest BCUT2D eigenvalue weighted by Gasteiger charge is -2.12. The zero-order valence-electron chi connectivity index (χ0n) is 14.5. The Hall–Kier alpha value is -3.35. The Morgan fingerprint density at radius 3 is 2.74 bits per heavy atom. The van der Waals surface area contributed by atoms with E-state index in [2.05, 4.69) is 4.98 Å². The number of hydrogen-bond donors (Lipinski definition) is 2. The van der Waals surface area contributed by atoms with Gasteiger partial charge in [-0.15, -0.1) is 0 Å². The summed E-state index contributed by atoms with van der Waals surface area (Å²) in [6, 6.07) is 10.0. The number of aromatic amines is 1. The van der Waals surface area contributed by atoms with E-state index in [9.17, 15) is 19.5 Å². The van der Waals surface area contributed by atoms with Gasteiger partial charge in [-0.05, 0) is 31.0 Å². The minimum atomic E-state index is -0.569. The molecule has 7 nitrogen and oxygen atoms in total. The Balaban J connectivity index is 1.52. The van der Waals surface area contributed by atoms with Crippen molar-refractivity contribution in [2.75, 3.05) is 6.61 Å². The summed E-state index contributed by atoms with van der Waals surface area (Å²) in [6.45, 7) is 0.614. The molecule has 0 unspecified atom stereocenters. The Kier molecular flexibility index (Phi) is 4.27. The number of fused-ring (bicyclic) bond motifs is 2. The highest BCUT2D eigenvalue weighted by Crippen LogP contribution is 2.30. The highest BCUT2D eigenvalue weighted by atomic mass is 16.5. The van der Waals surface area contributed by atoms with Crippen LogP contribution in [0.3, 0.4) is 0 Å². The quantitative estimate of drug-likeness (QED) is 0.673. The molecule has 2 N–H and O–H groups in total. The first-order valence-electron chi connectivity index (χ1n) is 8.79. The monoisotopic (exact) mass is 366 g/mol. The van der Waals surface area contributed by atoms with Crippen LogP contribution in [0.5, 0.6) is 11.5 Å². The van der Waals surface area contributed by atoms with Gasteiger partial charge in [-0.1, -0.05) is 18.2 Å². The number of aryl methyl sites for hydroxylation is 1. The topological polar surface area (TPSA) is 101 Å². The van der Waals surface area contributed by atoms with Gasteiger partial charge in [0.25, 0.3) is 5.56 Å². The molecule has 27 heavy (non-hydrogen) atoms. The van der Waals surface area contributed by atoms with Crippen molar-refractivity contribution in [3.8, 4) is 11.5 Å². The molecule has 2 aromatic carbocycles. The molecule has 0 radical (unpaired) electrons. The average Bonchev–Trinajstić information content (AvgIpc) is 3.03. The zero-order valence-corrected chi connectivity index (χ0v) is 14.5. The highest BCUT2D eigenvalue weighted by molar-refractivity contribution is 6.01. The number of hydrogen-bond acceptors (Lipinski definition) is 5. The first kappa shape index (κ1) is 17.1. The van der Waals surface area contributed by atoms with E-state index in [1.807, 2.05) is 12.1 Å². The molecule has 0 saturated heterocycles. The van der Waals surface area contributed by atoms with Gasteiger partial charge < -0.3 is 9.84 Å². The van der Waals surface area contributed by atoms with Crippen molar-refractivity contribution in [1.29, 1.82) is 0 Å². The molecule has 4 rings (SSSR count). The summed E-state index contributed by atoms with van der Waals surface area (Å²) in [5, 5.41) is 10.3. The molecule has 1 aliphatic carbocycles. The van der Waals surface area contributed by atoms with E-state index in [1.165, 1.54) is 10.6 Å². The van der Waals surface area contributed by atoms with Gasteiger partial charge in [0, 0.05) is 24.1 Å². The fourth-order valence-electron chi connectivity index (χ4n) is 3.54. The van der Waals surface area contributed by atoms with E-state index >= 15 is 0 Å². The number of aromatic nitrogens is 2. The van der Waals surface area contributed by atoms with Gasteiger partial charge >= 0.3 is 5.69 Å². The number of ether oxygens (including phenoxy) is 1. The van der Waals surface area contributed by atoms with Crippen molar-refractivity contribution in [3.05, 3.63) is 68.4 Å². The maximum atomic E-state index is 12.2. The first-order valence-corrected chi connectivity index (χ1v) is 8.79. The molecule has 7 heteroatoms. The second-order valence-corrected chi connectivity index (χ2v) is 6.49. The van der Waals surface area contributed by atoms with Crippen LogP contribution in [-0.2, 0) is 13.0 Å². The van der Waals surface area contributed by atoms with Crippen LogP contribution < -0.4 is 16.0 Å². The van der Waals surface area contributed by atoms with Crippen LogP contribution in [0.25, 0.3) is 10.9 Å². The fourth-order valence-corrected chi connectivity index (χ4v) is 3.54.